The van der Waals surface area contributed by atoms with Crippen molar-refractivity contribution in [2.75, 3.05) is 0 Å². The van der Waals surface area contributed by atoms with Gasteiger partial charge in [0.2, 0.25) is 5.91 Å². The number of primary amides is 1. The summed E-state index contributed by atoms with van der Waals surface area (Å²) in [4.78, 5) is 21.0. The lowest BCUT2D eigenvalue weighted by Gasteiger charge is -2.01. The number of carbonyl (C=O) groups excluding carboxylic acids is 2. The molecule has 0 unspecified atom stereocenters. The van der Waals surface area contributed by atoms with Crippen LogP contribution in [0.15, 0.2) is 12.1 Å². The molecule has 0 heterocycles. The Bertz CT molecular complexity index is 355. The molecule has 0 fully saturated rings. The molecule has 0 spiro atoms. The molecule has 0 atom stereocenters. The molecule has 1 aromatic carbocycles. The second kappa shape index (κ2) is 3.82. The SMILES string of the molecule is NC(=O)c1cc(F)c(C=O)c(I)c1. The summed E-state index contributed by atoms with van der Waals surface area (Å²) in [6.45, 7) is 0. The third-order valence-electron chi connectivity index (χ3n) is 1.48. The summed E-state index contributed by atoms with van der Waals surface area (Å²) in [5.41, 5.74) is 4.96. The summed E-state index contributed by atoms with van der Waals surface area (Å²) in [5, 5.41) is 0. The zero-order chi connectivity index (χ0) is 10.0. The number of hydrogen-bond donors (Lipinski definition) is 1. The lowest BCUT2D eigenvalue weighted by Crippen LogP contribution is -2.12. The van der Waals surface area contributed by atoms with E-state index in [1.807, 2.05) is 0 Å². The van der Waals surface area contributed by atoms with E-state index >= 15 is 0 Å². The molecule has 0 aliphatic heterocycles. The molecule has 3 nitrogen and oxygen atoms in total. The van der Waals surface area contributed by atoms with Crippen molar-refractivity contribution in [3.63, 3.8) is 0 Å². The van der Waals surface area contributed by atoms with Gasteiger partial charge in [-0.1, -0.05) is 0 Å². The maximum atomic E-state index is 13.0. The van der Waals surface area contributed by atoms with Crippen molar-refractivity contribution in [3.05, 3.63) is 32.6 Å². The fourth-order valence-electron chi connectivity index (χ4n) is 0.839. The van der Waals surface area contributed by atoms with Crippen LogP contribution in [0.1, 0.15) is 20.7 Å². The largest absolute Gasteiger partial charge is 0.366 e. The third kappa shape index (κ3) is 2.03. The predicted molar refractivity (Wildman–Crippen MR) is 53.0 cm³/mol. The van der Waals surface area contributed by atoms with Crippen LogP contribution in [0.3, 0.4) is 0 Å². The molecule has 2 N–H and O–H groups in total. The number of aldehydes is 1. The fourth-order valence-corrected chi connectivity index (χ4v) is 1.56. The minimum absolute atomic E-state index is 0.0504. The minimum Gasteiger partial charge on any atom is -0.366 e. The average Bonchev–Trinajstić information content (AvgIpc) is 2.03. The number of rotatable bonds is 2. The highest BCUT2D eigenvalue weighted by Gasteiger charge is 2.10. The first-order valence-corrected chi connectivity index (χ1v) is 4.38. The van der Waals surface area contributed by atoms with Gasteiger partial charge in [0.15, 0.2) is 6.29 Å². The molecule has 0 saturated carbocycles. The van der Waals surface area contributed by atoms with Gasteiger partial charge in [-0.2, -0.15) is 0 Å². The molecule has 1 aromatic rings. The minimum atomic E-state index is -0.726. The van der Waals surface area contributed by atoms with Gasteiger partial charge in [0.25, 0.3) is 0 Å². The number of amides is 1. The van der Waals surface area contributed by atoms with E-state index in [1.54, 1.807) is 22.6 Å². The Kier molecular flexibility index (Phi) is 2.97. The lowest BCUT2D eigenvalue weighted by atomic mass is 10.1. The topological polar surface area (TPSA) is 60.2 Å². The van der Waals surface area contributed by atoms with Crippen LogP contribution < -0.4 is 5.73 Å². The fraction of sp³-hybridized carbons (Fsp3) is 0. The van der Waals surface area contributed by atoms with E-state index in [1.165, 1.54) is 6.07 Å². The van der Waals surface area contributed by atoms with Gasteiger partial charge in [0.1, 0.15) is 5.82 Å². The lowest BCUT2D eigenvalue weighted by molar-refractivity contribution is 0.0998. The van der Waals surface area contributed by atoms with Crippen molar-refractivity contribution in [1.82, 2.24) is 0 Å². The molecule has 0 saturated heterocycles. The first kappa shape index (κ1) is 10.1. The van der Waals surface area contributed by atoms with Gasteiger partial charge in [-0.15, -0.1) is 0 Å². The Labute approximate surface area is 87.3 Å². The van der Waals surface area contributed by atoms with Crippen molar-refractivity contribution < 1.29 is 14.0 Å². The van der Waals surface area contributed by atoms with Gasteiger partial charge < -0.3 is 5.73 Å². The van der Waals surface area contributed by atoms with Crippen LogP contribution in [0.2, 0.25) is 0 Å². The Hall–Kier alpha value is -0.980. The van der Waals surface area contributed by atoms with Crippen LogP contribution in [0.5, 0.6) is 0 Å². The van der Waals surface area contributed by atoms with Crippen LogP contribution >= 0.6 is 22.6 Å². The van der Waals surface area contributed by atoms with E-state index in [0.29, 0.717) is 9.86 Å². The number of halogens is 2. The van der Waals surface area contributed by atoms with E-state index in [-0.39, 0.29) is 11.1 Å². The smallest absolute Gasteiger partial charge is 0.248 e. The van der Waals surface area contributed by atoms with E-state index in [2.05, 4.69) is 0 Å². The average molecular weight is 293 g/mol. The van der Waals surface area contributed by atoms with Crippen molar-refractivity contribution in [2.45, 2.75) is 0 Å². The second-order valence-corrected chi connectivity index (χ2v) is 3.50. The number of nitrogens with two attached hydrogens (primary N) is 1. The van der Waals surface area contributed by atoms with Gasteiger partial charge in [-0.25, -0.2) is 4.39 Å². The summed E-state index contributed by atoms with van der Waals surface area (Å²) in [6, 6.07) is 2.32. The van der Waals surface area contributed by atoms with Crippen molar-refractivity contribution in [2.24, 2.45) is 5.73 Å². The molecule has 0 radical (unpaired) electrons. The van der Waals surface area contributed by atoms with Crippen LogP contribution in [-0.2, 0) is 0 Å². The Balaban J connectivity index is 3.36. The Morgan fingerprint density at radius 3 is 2.54 bits per heavy atom. The first-order valence-electron chi connectivity index (χ1n) is 3.30. The molecule has 0 bridgehead atoms. The quantitative estimate of drug-likeness (QED) is 0.661. The second-order valence-electron chi connectivity index (χ2n) is 2.34. The zero-order valence-electron chi connectivity index (χ0n) is 6.38. The summed E-state index contributed by atoms with van der Waals surface area (Å²) < 4.78 is 13.4. The monoisotopic (exact) mass is 293 g/mol. The van der Waals surface area contributed by atoms with Crippen LogP contribution in [0.4, 0.5) is 4.39 Å². The Morgan fingerprint density at radius 2 is 2.15 bits per heavy atom. The molecule has 1 amide bonds. The Morgan fingerprint density at radius 1 is 1.54 bits per heavy atom. The number of benzene rings is 1. The van der Waals surface area contributed by atoms with E-state index in [4.69, 9.17) is 5.73 Å². The summed E-state index contributed by atoms with van der Waals surface area (Å²) in [5.74, 6) is -1.44. The van der Waals surface area contributed by atoms with Gasteiger partial charge in [0.05, 0.1) is 5.56 Å². The molecular formula is C8H5FINO2. The van der Waals surface area contributed by atoms with Crippen LogP contribution in [0, 0.1) is 9.39 Å². The van der Waals surface area contributed by atoms with Crippen molar-refractivity contribution in [1.29, 1.82) is 0 Å². The number of hydrogen-bond acceptors (Lipinski definition) is 2. The molecule has 0 aliphatic carbocycles. The highest BCUT2D eigenvalue weighted by molar-refractivity contribution is 14.1. The molecule has 68 valence electrons. The van der Waals surface area contributed by atoms with Crippen LogP contribution in [-0.4, -0.2) is 12.2 Å². The maximum absolute atomic E-state index is 13.0. The summed E-state index contributed by atoms with van der Waals surface area (Å²) in [7, 11) is 0. The molecule has 0 aliphatic rings. The molecular weight excluding hydrogens is 288 g/mol. The van der Waals surface area contributed by atoms with Gasteiger partial charge in [-0.05, 0) is 34.7 Å². The highest BCUT2D eigenvalue weighted by atomic mass is 127. The van der Waals surface area contributed by atoms with Gasteiger partial charge in [-0.3, -0.25) is 9.59 Å². The van der Waals surface area contributed by atoms with Crippen LogP contribution in [0.25, 0.3) is 0 Å². The highest BCUT2D eigenvalue weighted by Crippen LogP contribution is 2.16. The maximum Gasteiger partial charge on any atom is 0.248 e. The van der Waals surface area contributed by atoms with Gasteiger partial charge in [0, 0.05) is 9.13 Å². The summed E-state index contributed by atoms with van der Waals surface area (Å²) >= 11 is 1.77. The molecule has 13 heavy (non-hydrogen) atoms. The molecule has 5 heteroatoms. The standard InChI is InChI=1S/C8H5FINO2/c9-6-1-4(8(11)13)2-7(10)5(6)3-12/h1-3H,(H2,11,13). The normalized spacial score (nSPS) is 9.69. The van der Waals surface area contributed by atoms with Crippen molar-refractivity contribution in [3.8, 4) is 0 Å². The third-order valence-corrected chi connectivity index (χ3v) is 2.37. The first-order chi connectivity index (χ1) is 6.06. The van der Waals surface area contributed by atoms with Gasteiger partial charge >= 0.3 is 0 Å². The zero-order valence-corrected chi connectivity index (χ0v) is 8.54. The number of carbonyl (C=O) groups is 2. The summed E-state index contributed by atoms with van der Waals surface area (Å²) in [6.07, 6.45) is 0.405. The molecule has 0 aromatic heterocycles. The van der Waals surface area contributed by atoms with E-state index < -0.39 is 11.7 Å². The van der Waals surface area contributed by atoms with Crippen molar-refractivity contribution >= 4 is 34.8 Å². The predicted octanol–water partition coefficient (Wildman–Crippen LogP) is 1.34. The van der Waals surface area contributed by atoms with E-state index in [0.717, 1.165) is 6.07 Å². The van der Waals surface area contributed by atoms with E-state index in [9.17, 15) is 14.0 Å². The molecule has 1 rings (SSSR count).